The zero-order valence-corrected chi connectivity index (χ0v) is 6.55. The van der Waals surface area contributed by atoms with E-state index in [4.69, 9.17) is 10.2 Å². The molecule has 1 rings (SSSR count). The number of furan rings is 1. The lowest BCUT2D eigenvalue weighted by Crippen LogP contribution is -2.24. The third kappa shape index (κ3) is 2.08. The lowest BCUT2D eigenvalue weighted by atomic mass is 10.2. The minimum Gasteiger partial charge on any atom is -0.469 e. The Morgan fingerprint density at radius 2 is 2.50 bits per heavy atom. The monoisotopic (exact) mass is 157 g/mol. The Labute approximate surface area is 65.8 Å². The van der Waals surface area contributed by atoms with Gasteiger partial charge in [-0.05, 0) is 12.1 Å². The zero-order chi connectivity index (χ0) is 7.40. The van der Waals surface area contributed by atoms with Crippen LogP contribution in [0.5, 0.6) is 0 Å². The maximum absolute atomic E-state index is 5.63. The van der Waals surface area contributed by atoms with Crippen molar-refractivity contribution < 1.29 is 4.42 Å². The van der Waals surface area contributed by atoms with Crippen molar-refractivity contribution in [2.24, 2.45) is 5.73 Å². The molecule has 0 saturated carbocycles. The minimum absolute atomic E-state index is 0.106. The molecular weight excluding hydrogens is 146 g/mol. The van der Waals surface area contributed by atoms with Crippen molar-refractivity contribution in [3.63, 3.8) is 0 Å². The lowest BCUT2D eigenvalue weighted by Gasteiger charge is -2.03. The van der Waals surface area contributed by atoms with Gasteiger partial charge in [-0.1, -0.05) is 0 Å². The van der Waals surface area contributed by atoms with Crippen LogP contribution in [0.25, 0.3) is 0 Å². The summed E-state index contributed by atoms with van der Waals surface area (Å²) in [4.78, 5) is 0. The van der Waals surface area contributed by atoms with Crippen molar-refractivity contribution in [1.29, 1.82) is 0 Å². The summed E-state index contributed by atoms with van der Waals surface area (Å²) in [7, 11) is 0. The van der Waals surface area contributed by atoms with Gasteiger partial charge in [-0.25, -0.2) is 0 Å². The summed E-state index contributed by atoms with van der Waals surface area (Å²) in [6, 6.07) is 3.89. The van der Waals surface area contributed by atoms with E-state index >= 15 is 0 Å². The molecule has 0 fully saturated rings. The van der Waals surface area contributed by atoms with Crippen LogP contribution < -0.4 is 5.73 Å². The first-order valence-corrected chi connectivity index (χ1v) is 3.85. The molecule has 1 atom stereocenters. The van der Waals surface area contributed by atoms with E-state index in [1.807, 2.05) is 12.1 Å². The van der Waals surface area contributed by atoms with E-state index in [1.54, 1.807) is 6.26 Å². The van der Waals surface area contributed by atoms with Gasteiger partial charge in [-0.15, -0.1) is 0 Å². The van der Waals surface area contributed by atoms with Crippen LogP contribution in [-0.4, -0.2) is 11.8 Å². The highest BCUT2D eigenvalue weighted by Gasteiger charge is 2.02. The Morgan fingerprint density at radius 1 is 1.70 bits per heavy atom. The van der Waals surface area contributed by atoms with Crippen molar-refractivity contribution in [3.05, 3.63) is 24.2 Å². The molecule has 1 heterocycles. The predicted octanol–water partition coefficient (Wildman–Crippen LogP) is 1.08. The average molecular weight is 157 g/mol. The molecule has 0 spiro atoms. The van der Waals surface area contributed by atoms with Gasteiger partial charge in [0, 0.05) is 18.2 Å². The molecule has 10 heavy (non-hydrogen) atoms. The van der Waals surface area contributed by atoms with E-state index in [2.05, 4.69) is 12.6 Å². The van der Waals surface area contributed by atoms with Crippen LogP contribution in [0.2, 0.25) is 0 Å². The summed E-state index contributed by atoms with van der Waals surface area (Å²) in [5.74, 6) is 1.63. The number of nitrogens with two attached hydrogens (primary N) is 1. The molecule has 0 aliphatic carbocycles. The molecule has 1 aromatic rings. The van der Waals surface area contributed by atoms with Gasteiger partial charge in [-0.3, -0.25) is 0 Å². The number of thiol groups is 1. The van der Waals surface area contributed by atoms with Crippen LogP contribution in [0.3, 0.4) is 0 Å². The van der Waals surface area contributed by atoms with Crippen LogP contribution in [0.1, 0.15) is 5.76 Å². The van der Waals surface area contributed by atoms with Crippen LogP contribution in [0, 0.1) is 0 Å². The van der Waals surface area contributed by atoms with Gasteiger partial charge in [0.1, 0.15) is 5.76 Å². The van der Waals surface area contributed by atoms with E-state index in [-0.39, 0.29) is 6.04 Å². The fourth-order valence-corrected chi connectivity index (χ4v) is 0.881. The van der Waals surface area contributed by atoms with E-state index < -0.39 is 0 Å². The average Bonchev–Trinajstić information content (AvgIpc) is 2.40. The van der Waals surface area contributed by atoms with Crippen molar-refractivity contribution in [1.82, 2.24) is 0 Å². The van der Waals surface area contributed by atoms with Crippen molar-refractivity contribution in [2.75, 3.05) is 5.75 Å². The largest absolute Gasteiger partial charge is 0.469 e. The van der Waals surface area contributed by atoms with Gasteiger partial charge in [0.25, 0.3) is 0 Å². The third-order valence-corrected chi connectivity index (χ3v) is 1.75. The topological polar surface area (TPSA) is 39.2 Å². The van der Waals surface area contributed by atoms with E-state index in [0.717, 1.165) is 12.2 Å². The molecule has 3 heteroatoms. The maximum Gasteiger partial charge on any atom is 0.105 e. The summed E-state index contributed by atoms with van der Waals surface area (Å²) < 4.78 is 5.09. The fourth-order valence-electron chi connectivity index (χ4n) is 0.752. The maximum atomic E-state index is 5.63. The molecule has 0 radical (unpaired) electrons. The highest BCUT2D eigenvalue weighted by Crippen LogP contribution is 2.03. The Bertz CT molecular complexity index is 174. The van der Waals surface area contributed by atoms with Gasteiger partial charge in [0.05, 0.1) is 6.26 Å². The summed E-state index contributed by atoms with van der Waals surface area (Å²) in [6.07, 6.45) is 2.43. The van der Waals surface area contributed by atoms with Crippen LogP contribution in [0.15, 0.2) is 22.8 Å². The zero-order valence-electron chi connectivity index (χ0n) is 5.66. The molecule has 2 N–H and O–H groups in total. The van der Waals surface area contributed by atoms with Crippen molar-refractivity contribution >= 4 is 12.6 Å². The molecule has 1 unspecified atom stereocenters. The molecule has 0 aliphatic heterocycles. The minimum atomic E-state index is 0.106. The highest BCUT2D eigenvalue weighted by molar-refractivity contribution is 7.80. The SMILES string of the molecule is NC(CS)Cc1ccco1. The van der Waals surface area contributed by atoms with Crippen molar-refractivity contribution in [3.8, 4) is 0 Å². The molecular formula is C7H11NOS. The van der Waals surface area contributed by atoms with Gasteiger partial charge in [-0.2, -0.15) is 12.6 Å². The third-order valence-electron chi connectivity index (χ3n) is 1.28. The second-order valence-corrected chi connectivity index (χ2v) is 2.59. The second kappa shape index (κ2) is 3.68. The standard InChI is InChI=1S/C7H11NOS/c8-6(5-10)4-7-2-1-3-9-7/h1-3,6,10H,4-5,8H2. The molecule has 0 aliphatic rings. The Balaban J connectivity index is 2.40. The van der Waals surface area contributed by atoms with E-state index in [9.17, 15) is 0 Å². The number of hydrogen-bond donors (Lipinski definition) is 2. The predicted molar refractivity (Wildman–Crippen MR) is 44.2 cm³/mol. The molecule has 0 aromatic carbocycles. The molecule has 56 valence electrons. The highest BCUT2D eigenvalue weighted by atomic mass is 32.1. The number of hydrogen-bond acceptors (Lipinski definition) is 3. The van der Waals surface area contributed by atoms with Crippen LogP contribution in [0.4, 0.5) is 0 Å². The molecule has 0 saturated heterocycles. The second-order valence-electron chi connectivity index (χ2n) is 2.23. The summed E-state index contributed by atoms with van der Waals surface area (Å²) in [6.45, 7) is 0. The first kappa shape index (κ1) is 7.69. The molecule has 0 amide bonds. The Kier molecular flexibility index (Phi) is 2.83. The molecule has 1 aromatic heterocycles. The summed E-state index contributed by atoms with van der Waals surface area (Å²) in [5.41, 5.74) is 5.63. The summed E-state index contributed by atoms with van der Waals surface area (Å²) in [5, 5.41) is 0. The van der Waals surface area contributed by atoms with Gasteiger partial charge in [0.15, 0.2) is 0 Å². The van der Waals surface area contributed by atoms with Gasteiger partial charge >= 0.3 is 0 Å². The molecule has 2 nitrogen and oxygen atoms in total. The smallest absolute Gasteiger partial charge is 0.105 e. The Morgan fingerprint density at radius 3 is 3.00 bits per heavy atom. The van der Waals surface area contributed by atoms with Crippen LogP contribution >= 0.6 is 12.6 Å². The van der Waals surface area contributed by atoms with Gasteiger partial charge < -0.3 is 10.2 Å². The molecule has 0 bridgehead atoms. The Hall–Kier alpha value is -0.410. The fraction of sp³-hybridized carbons (Fsp3) is 0.429. The van der Waals surface area contributed by atoms with Crippen LogP contribution in [-0.2, 0) is 6.42 Å². The van der Waals surface area contributed by atoms with E-state index in [0.29, 0.717) is 5.75 Å². The summed E-state index contributed by atoms with van der Waals surface area (Å²) >= 11 is 4.06. The lowest BCUT2D eigenvalue weighted by molar-refractivity contribution is 0.493. The first-order chi connectivity index (χ1) is 4.83. The van der Waals surface area contributed by atoms with E-state index in [1.165, 1.54) is 0 Å². The van der Waals surface area contributed by atoms with Crippen molar-refractivity contribution in [2.45, 2.75) is 12.5 Å². The number of rotatable bonds is 3. The quantitative estimate of drug-likeness (QED) is 0.644. The van der Waals surface area contributed by atoms with Gasteiger partial charge in [0.2, 0.25) is 0 Å². The first-order valence-electron chi connectivity index (χ1n) is 3.21. The normalized spacial score (nSPS) is 13.4.